The highest BCUT2D eigenvalue weighted by atomic mass is 14.7. The van der Waals surface area contributed by atoms with Gasteiger partial charge in [-0.3, -0.25) is 0 Å². The van der Waals surface area contributed by atoms with Gasteiger partial charge < -0.3 is 0 Å². The Bertz CT molecular complexity index is 7490. The Balaban J connectivity index is 0.0000000987. The van der Waals surface area contributed by atoms with Gasteiger partial charge in [0, 0.05) is 0 Å². The first-order valence-electron chi connectivity index (χ1n) is 51.0. The van der Waals surface area contributed by atoms with Crippen molar-refractivity contribution in [1.82, 2.24) is 0 Å². The minimum atomic E-state index is -0.299. The molecule has 34 rings (SSSR count). The van der Waals surface area contributed by atoms with Gasteiger partial charge >= 0.3 is 0 Å². The van der Waals surface area contributed by atoms with Crippen LogP contribution in [-0.2, 0) is 48.7 Å². The summed E-state index contributed by atoms with van der Waals surface area (Å²) in [6, 6.07) is 144. The fourth-order valence-corrected chi connectivity index (χ4v) is 34.9. The number of rotatable bonds is 10. The van der Waals surface area contributed by atoms with Crippen molar-refractivity contribution in [3.05, 3.63) is 507 Å². The average molecular weight is 1730 g/mol. The zero-order valence-electron chi connectivity index (χ0n) is 77.3. The zero-order chi connectivity index (χ0) is 89.2. The molecule has 18 aliphatic carbocycles. The van der Waals surface area contributed by atoms with Crippen molar-refractivity contribution in [3.8, 4) is 77.9 Å². The van der Waals surface area contributed by atoms with Crippen LogP contribution in [0.5, 0.6) is 0 Å². The quantitative estimate of drug-likeness (QED) is 0.128. The largest absolute Gasteiger partial charge is 0.0985 e. The van der Waals surface area contributed by atoms with E-state index in [4.69, 9.17) is 0 Å². The lowest BCUT2D eigenvalue weighted by Gasteiger charge is -2.63. The Hall–Kier alpha value is -13.3. The predicted molar refractivity (Wildman–Crippen MR) is 557 cm³/mol. The van der Waals surface area contributed by atoms with Crippen LogP contribution < -0.4 is 0 Å². The molecule has 0 nitrogen and oxygen atoms in total. The Kier molecular flexibility index (Phi) is 16.8. The standard InChI is InChI=1S/C49H40.2C43H36/c1-2-32-15-20-37(21-16-32)47-27-33-25-34(28-47)30-48(29-33,31-47)38-22-17-35(18-23-38)36-19-24-42-41-11-5-8-14-45(41)49(46(42)26-36)43-12-6-3-9-39(43)40-10-4-7-13-44(40)49;1-2-28-15-17-31(18-16-28)41-23-29-21-30(24-41)26-42(25-29,27-41)32-19-20-40-36(22-32)35-11-5-8-14-39(35)43(40)37-12-6-3-9-33(37)34-10-4-7-13-38(34)43;1-2-28-15-17-31(18-16-28)41-23-29-21-30(24-41)26-42(25-29,27-41)32-19-20-36-35-11-5-8-14-39(35)43(40(36)22-32)37-12-6-3-9-33(37)34-10-4-7-13-38(34)43/h2-24,26,33-34H,1,25,27-31H2;2*2-20,22,29-30H,1,21,23-27H2. The van der Waals surface area contributed by atoms with E-state index >= 15 is 0 Å². The number of hydrogen-bond acceptors (Lipinski definition) is 0. The summed E-state index contributed by atoms with van der Waals surface area (Å²) in [5.41, 5.74) is 50.7. The van der Waals surface area contributed by atoms with Crippen molar-refractivity contribution in [2.45, 2.75) is 164 Å². The Labute approximate surface area is 796 Å². The van der Waals surface area contributed by atoms with Crippen LogP contribution in [0.2, 0.25) is 0 Å². The molecule has 3 spiro atoms. The van der Waals surface area contributed by atoms with Crippen LogP contribution in [0.4, 0.5) is 0 Å². The predicted octanol–water partition coefficient (Wildman–Crippen LogP) is 33.1. The summed E-state index contributed by atoms with van der Waals surface area (Å²) in [4.78, 5) is 0. The minimum Gasteiger partial charge on any atom is -0.0985 e. The fraction of sp³-hybridized carbons (Fsp3) is 0.244. The van der Waals surface area contributed by atoms with Gasteiger partial charge in [0.05, 0.1) is 16.2 Å². The molecule has 135 heavy (non-hydrogen) atoms. The van der Waals surface area contributed by atoms with E-state index < -0.39 is 0 Å². The minimum absolute atomic E-state index is 0.243. The van der Waals surface area contributed by atoms with Crippen LogP contribution in [0.15, 0.2) is 390 Å². The van der Waals surface area contributed by atoms with Gasteiger partial charge in [0.1, 0.15) is 0 Å². The van der Waals surface area contributed by atoms with Crippen molar-refractivity contribution in [2.24, 2.45) is 35.5 Å². The summed E-state index contributed by atoms with van der Waals surface area (Å²) >= 11 is 0. The van der Waals surface area contributed by atoms with Crippen LogP contribution in [0.25, 0.3) is 96.1 Å². The number of fused-ring (bicyclic) bond motifs is 30. The summed E-state index contributed by atoms with van der Waals surface area (Å²) in [5.74, 6) is 5.00. The topological polar surface area (TPSA) is 0 Å². The average Bonchev–Trinajstić information content (AvgIpc) is 1.51. The van der Waals surface area contributed by atoms with Crippen molar-refractivity contribution in [1.29, 1.82) is 0 Å². The van der Waals surface area contributed by atoms with Crippen LogP contribution in [0.1, 0.15) is 232 Å². The van der Waals surface area contributed by atoms with Gasteiger partial charge in [-0.15, -0.1) is 0 Å². The van der Waals surface area contributed by atoms with Gasteiger partial charge in [-0.05, 0) is 384 Å². The van der Waals surface area contributed by atoms with Gasteiger partial charge in [0.2, 0.25) is 0 Å². The maximum absolute atomic E-state index is 4.01. The molecule has 0 heteroatoms. The van der Waals surface area contributed by atoms with Crippen molar-refractivity contribution < 1.29 is 0 Å². The zero-order valence-corrected chi connectivity index (χ0v) is 77.3. The first kappa shape index (κ1) is 79.2. The number of hydrogen-bond donors (Lipinski definition) is 0. The molecule has 12 saturated carbocycles. The second-order valence-corrected chi connectivity index (χ2v) is 45.1. The smallest absolute Gasteiger partial charge is 0.0725 e. The van der Waals surface area contributed by atoms with Crippen molar-refractivity contribution in [2.75, 3.05) is 0 Å². The second kappa shape index (κ2) is 28.7. The highest BCUT2D eigenvalue weighted by Crippen LogP contribution is 2.74. The monoisotopic (exact) mass is 1730 g/mol. The summed E-state index contributed by atoms with van der Waals surface area (Å²) in [6.45, 7) is 12.0. The summed E-state index contributed by atoms with van der Waals surface area (Å²) in [5, 5.41) is 0. The highest BCUT2D eigenvalue weighted by Gasteiger charge is 2.64. The first-order valence-corrected chi connectivity index (χ1v) is 51.0. The SMILES string of the molecule is C=Cc1ccc(C23CC4CC(C2)CC(c2ccc(-c5ccc6c(c5)C5(c7ccccc7-c7ccccc75)c5ccccc5-6)cc2)(C4)C3)cc1.C=Cc1ccc(C23CC4CC(C2)CC(c2ccc5c(c2)-c2ccccc2C52c5ccccc5-c5ccccc52)(C4)C3)cc1.C=Cc1ccc(C23CC4CC(C2)CC(c2ccc5c(c2)C2(c6ccccc6-c6ccccc62)c2ccccc2-5)(C4)C3)cc1. The molecule has 0 heterocycles. The van der Waals surface area contributed by atoms with E-state index in [0.717, 1.165) is 35.5 Å². The van der Waals surface area contributed by atoms with E-state index in [2.05, 4.69) is 390 Å². The summed E-state index contributed by atoms with van der Waals surface area (Å²) in [6.07, 6.45) is 30.4. The molecule has 16 aromatic rings. The molecule has 18 aliphatic rings. The Morgan fingerprint density at radius 3 is 0.659 bits per heavy atom. The molecule has 12 fully saturated rings. The van der Waals surface area contributed by atoms with E-state index in [1.54, 1.807) is 33.4 Å². The van der Waals surface area contributed by atoms with E-state index in [-0.39, 0.29) is 27.1 Å². The second-order valence-electron chi connectivity index (χ2n) is 45.1. The molecule has 6 atom stereocenters. The molecule has 0 aliphatic heterocycles. The maximum atomic E-state index is 4.01. The molecule has 0 aromatic heterocycles. The van der Waals surface area contributed by atoms with Gasteiger partial charge in [-0.1, -0.05) is 402 Å². The molecule has 0 saturated heterocycles. The van der Waals surface area contributed by atoms with E-state index in [0.29, 0.717) is 21.7 Å². The third-order valence-corrected chi connectivity index (χ3v) is 38.5. The van der Waals surface area contributed by atoms with E-state index in [9.17, 15) is 0 Å². The molecule has 16 aromatic carbocycles. The lowest BCUT2D eigenvalue weighted by molar-refractivity contribution is -0.0283. The normalized spacial score (nSPS) is 27.2. The van der Waals surface area contributed by atoms with Crippen LogP contribution >= 0.6 is 0 Å². The van der Waals surface area contributed by atoms with Gasteiger partial charge in [-0.25, -0.2) is 0 Å². The summed E-state index contributed by atoms with van der Waals surface area (Å²) in [7, 11) is 0. The Morgan fingerprint density at radius 2 is 0.370 bits per heavy atom. The van der Waals surface area contributed by atoms with E-state index in [1.165, 1.54) is 277 Å². The molecule has 0 amide bonds. The lowest BCUT2D eigenvalue weighted by Crippen LogP contribution is -2.56. The first-order chi connectivity index (χ1) is 66.4. The van der Waals surface area contributed by atoms with Gasteiger partial charge in [-0.2, -0.15) is 0 Å². The third-order valence-electron chi connectivity index (χ3n) is 38.5. The molecule has 6 unspecified atom stereocenters. The highest BCUT2D eigenvalue weighted by molar-refractivity contribution is 5.99. The molecule has 0 N–H and O–H groups in total. The third kappa shape index (κ3) is 10.8. The number of benzene rings is 16. The summed E-state index contributed by atoms with van der Waals surface area (Å²) < 4.78 is 0. The van der Waals surface area contributed by atoms with Gasteiger partial charge in [0.25, 0.3) is 0 Å². The Morgan fingerprint density at radius 1 is 0.170 bits per heavy atom. The molecular weight excluding hydrogens is 1620 g/mol. The van der Waals surface area contributed by atoms with Crippen LogP contribution in [-0.4, -0.2) is 0 Å². The van der Waals surface area contributed by atoms with Crippen LogP contribution in [0, 0.1) is 35.5 Å². The van der Waals surface area contributed by atoms with Gasteiger partial charge in [0.15, 0.2) is 0 Å². The van der Waals surface area contributed by atoms with Crippen molar-refractivity contribution in [3.63, 3.8) is 0 Å². The molecule has 0 radical (unpaired) electrons. The van der Waals surface area contributed by atoms with Crippen LogP contribution in [0.3, 0.4) is 0 Å². The molecule has 652 valence electrons. The molecule has 12 bridgehead atoms. The lowest BCUT2D eigenvalue weighted by atomic mass is 9.41. The fourth-order valence-electron chi connectivity index (χ4n) is 34.9. The van der Waals surface area contributed by atoms with E-state index in [1.807, 2.05) is 18.2 Å². The van der Waals surface area contributed by atoms with Crippen molar-refractivity contribution >= 4 is 18.2 Å². The maximum Gasteiger partial charge on any atom is 0.0725 e. The molecular formula is C135H112.